The smallest absolute Gasteiger partial charge is 0.236 e. The van der Waals surface area contributed by atoms with Crippen molar-refractivity contribution in [1.82, 2.24) is 9.80 Å². The second-order valence-electron chi connectivity index (χ2n) is 3.33. The summed E-state index contributed by atoms with van der Waals surface area (Å²) < 4.78 is 0. The molecule has 0 aromatic heterocycles. The molecule has 0 saturated heterocycles. The Kier molecular flexibility index (Phi) is 6.59. The second-order valence-corrected chi connectivity index (χ2v) is 3.33. The van der Waals surface area contributed by atoms with Gasteiger partial charge in [-0.15, -0.1) is 0 Å². The number of nitrogens with zero attached hydrogens (tertiary/aromatic N) is 2. The molecule has 0 spiro atoms. The van der Waals surface area contributed by atoms with Crippen LogP contribution in [0, 0.1) is 13.8 Å². The van der Waals surface area contributed by atoms with Crippen molar-refractivity contribution in [2.45, 2.75) is 12.8 Å². The summed E-state index contributed by atoms with van der Waals surface area (Å²) in [6.45, 7) is 9.43. The molecule has 0 heterocycles. The molecule has 0 rings (SSSR count). The summed E-state index contributed by atoms with van der Waals surface area (Å²) in [5.41, 5.74) is 0. The first-order chi connectivity index (χ1) is 6.11. The average Bonchev–Trinajstić information content (AvgIpc) is 2.02. The summed E-state index contributed by atoms with van der Waals surface area (Å²) in [5.74, 6) is 0.164. The highest BCUT2D eigenvalue weighted by molar-refractivity contribution is 5.78. The number of likely N-dealkylation sites (N-methyl/N-ethyl adjacent to an activating group) is 1. The summed E-state index contributed by atoms with van der Waals surface area (Å²) in [6, 6.07) is 0. The van der Waals surface area contributed by atoms with Crippen LogP contribution in [-0.2, 0) is 4.79 Å². The van der Waals surface area contributed by atoms with E-state index in [9.17, 15) is 4.79 Å². The molecule has 0 aliphatic heterocycles. The van der Waals surface area contributed by atoms with Crippen LogP contribution in [0.4, 0.5) is 0 Å². The van der Waals surface area contributed by atoms with Crippen molar-refractivity contribution in [3.63, 3.8) is 0 Å². The molecule has 0 atom stereocenters. The van der Waals surface area contributed by atoms with Crippen molar-refractivity contribution in [2.75, 3.05) is 33.7 Å². The lowest BCUT2D eigenvalue weighted by Crippen LogP contribution is -2.38. The lowest BCUT2D eigenvalue weighted by atomic mass is 10.3. The van der Waals surface area contributed by atoms with Crippen molar-refractivity contribution < 1.29 is 4.79 Å². The Hall–Kier alpha value is -0.570. The number of hydrogen-bond acceptors (Lipinski definition) is 2. The minimum atomic E-state index is 0.164. The molecule has 0 aliphatic carbocycles. The first kappa shape index (κ1) is 12.4. The third-order valence-electron chi connectivity index (χ3n) is 1.66. The Labute approximate surface area is 81.7 Å². The van der Waals surface area contributed by atoms with Crippen LogP contribution in [0.5, 0.6) is 0 Å². The molecule has 0 unspecified atom stereocenters. The monoisotopic (exact) mass is 184 g/mol. The number of rotatable bonds is 6. The highest BCUT2D eigenvalue weighted by Gasteiger charge is 2.11. The minimum absolute atomic E-state index is 0.164. The van der Waals surface area contributed by atoms with E-state index in [1.807, 2.05) is 23.9 Å². The van der Waals surface area contributed by atoms with Crippen molar-refractivity contribution in [3.05, 3.63) is 13.8 Å². The Morgan fingerprint density at radius 3 is 1.92 bits per heavy atom. The fourth-order valence-corrected chi connectivity index (χ4v) is 1.11. The van der Waals surface area contributed by atoms with Gasteiger partial charge in [-0.2, -0.15) is 0 Å². The zero-order valence-electron chi connectivity index (χ0n) is 8.75. The normalized spacial score (nSPS) is 10.5. The summed E-state index contributed by atoms with van der Waals surface area (Å²) in [4.78, 5) is 15.3. The predicted molar refractivity (Wildman–Crippen MR) is 55.1 cm³/mol. The molecule has 0 fully saturated rings. The molecular weight excluding hydrogens is 164 g/mol. The summed E-state index contributed by atoms with van der Waals surface area (Å²) in [6.07, 6.45) is 1.53. The fourth-order valence-electron chi connectivity index (χ4n) is 1.11. The van der Waals surface area contributed by atoms with E-state index in [4.69, 9.17) is 0 Å². The SMILES string of the molecule is [CH2]CCN(CC[CH2])C(=O)CN(C)C. The highest BCUT2D eigenvalue weighted by atomic mass is 16.2. The number of hydrogen-bond donors (Lipinski definition) is 0. The van der Waals surface area contributed by atoms with E-state index in [1.54, 1.807) is 0 Å². The molecular formula is C10H20N2O. The Morgan fingerprint density at radius 1 is 1.15 bits per heavy atom. The molecule has 0 aromatic rings. The number of carbonyl (C=O) groups is 1. The topological polar surface area (TPSA) is 23.6 Å². The molecule has 0 aliphatic rings. The Bertz CT molecular complexity index is 140. The van der Waals surface area contributed by atoms with Gasteiger partial charge in [0.25, 0.3) is 0 Å². The van der Waals surface area contributed by atoms with Gasteiger partial charge in [-0.05, 0) is 26.9 Å². The van der Waals surface area contributed by atoms with E-state index < -0.39 is 0 Å². The van der Waals surface area contributed by atoms with Gasteiger partial charge in [0.2, 0.25) is 5.91 Å². The summed E-state index contributed by atoms with van der Waals surface area (Å²) in [5, 5.41) is 0. The van der Waals surface area contributed by atoms with Crippen molar-refractivity contribution >= 4 is 5.91 Å². The van der Waals surface area contributed by atoms with Gasteiger partial charge >= 0.3 is 0 Å². The second kappa shape index (κ2) is 6.89. The molecule has 2 radical (unpaired) electrons. The maximum absolute atomic E-state index is 11.6. The van der Waals surface area contributed by atoms with E-state index in [0.29, 0.717) is 6.54 Å². The lowest BCUT2D eigenvalue weighted by Gasteiger charge is -2.23. The third kappa shape index (κ3) is 5.64. The maximum atomic E-state index is 11.6. The molecule has 0 N–H and O–H groups in total. The molecule has 0 aromatic carbocycles. The van der Waals surface area contributed by atoms with Crippen LogP contribution in [0.1, 0.15) is 12.8 Å². The Balaban J connectivity index is 3.95. The van der Waals surface area contributed by atoms with Crippen LogP contribution in [0.15, 0.2) is 0 Å². The molecule has 3 heteroatoms. The molecule has 1 amide bonds. The van der Waals surface area contributed by atoms with Gasteiger partial charge < -0.3 is 9.80 Å². The van der Waals surface area contributed by atoms with Gasteiger partial charge in [-0.25, -0.2) is 0 Å². The minimum Gasteiger partial charge on any atom is -0.342 e. The van der Waals surface area contributed by atoms with E-state index in [1.165, 1.54) is 0 Å². The molecule has 0 bridgehead atoms. The van der Waals surface area contributed by atoms with Crippen molar-refractivity contribution in [3.8, 4) is 0 Å². The van der Waals surface area contributed by atoms with Gasteiger partial charge in [0, 0.05) is 13.1 Å². The molecule has 3 nitrogen and oxygen atoms in total. The summed E-state index contributed by atoms with van der Waals surface area (Å²) in [7, 11) is 3.79. The van der Waals surface area contributed by atoms with Gasteiger partial charge in [0.15, 0.2) is 0 Å². The van der Waals surface area contributed by atoms with E-state index >= 15 is 0 Å². The average molecular weight is 184 g/mol. The van der Waals surface area contributed by atoms with Crippen LogP contribution in [0.2, 0.25) is 0 Å². The van der Waals surface area contributed by atoms with Gasteiger partial charge in [-0.1, -0.05) is 13.8 Å². The molecule has 13 heavy (non-hydrogen) atoms. The first-order valence-electron chi connectivity index (χ1n) is 4.62. The quantitative estimate of drug-likeness (QED) is 0.610. The van der Waals surface area contributed by atoms with E-state index in [0.717, 1.165) is 25.9 Å². The van der Waals surface area contributed by atoms with Crippen LogP contribution in [-0.4, -0.2) is 49.4 Å². The van der Waals surface area contributed by atoms with Crippen LogP contribution in [0.25, 0.3) is 0 Å². The van der Waals surface area contributed by atoms with Crippen LogP contribution >= 0.6 is 0 Å². The number of amides is 1. The first-order valence-corrected chi connectivity index (χ1v) is 4.62. The Morgan fingerprint density at radius 2 is 1.62 bits per heavy atom. The fraction of sp³-hybridized carbons (Fsp3) is 0.700. The largest absolute Gasteiger partial charge is 0.342 e. The van der Waals surface area contributed by atoms with Crippen LogP contribution < -0.4 is 0 Å². The van der Waals surface area contributed by atoms with Gasteiger partial charge in [-0.3, -0.25) is 4.79 Å². The van der Waals surface area contributed by atoms with Crippen LogP contribution in [0.3, 0.4) is 0 Å². The van der Waals surface area contributed by atoms with E-state index in [2.05, 4.69) is 13.8 Å². The predicted octanol–water partition coefficient (Wildman–Crippen LogP) is 0.825. The van der Waals surface area contributed by atoms with Crippen molar-refractivity contribution in [1.29, 1.82) is 0 Å². The van der Waals surface area contributed by atoms with E-state index in [-0.39, 0.29) is 5.91 Å². The molecule has 0 saturated carbocycles. The third-order valence-corrected chi connectivity index (χ3v) is 1.66. The number of carbonyl (C=O) groups excluding carboxylic acids is 1. The van der Waals surface area contributed by atoms with Gasteiger partial charge in [0.1, 0.15) is 0 Å². The maximum Gasteiger partial charge on any atom is 0.236 e. The zero-order chi connectivity index (χ0) is 10.3. The van der Waals surface area contributed by atoms with Gasteiger partial charge in [0.05, 0.1) is 6.54 Å². The highest BCUT2D eigenvalue weighted by Crippen LogP contribution is 1.95. The van der Waals surface area contributed by atoms with Crippen molar-refractivity contribution in [2.24, 2.45) is 0 Å². The summed E-state index contributed by atoms with van der Waals surface area (Å²) >= 11 is 0. The zero-order valence-corrected chi connectivity index (χ0v) is 8.75. The molecule has 76 valence electrons. The standard InChI is InChI=1S/C10H20N2O/c1-5-7-12(8-6-2)10(13)9-11(3)4/h1-2,5-9H2,3-4H3. The lowest BCUT2D eigenvalue weighted by molar-refractivity contribution is -0.131.